The molecule has 2 aliphatic heterocycles. The third-order valence-corrected chi connectivity index (χ3v) is 5.40. The number of hydrogen-bond donors (Lipinski definition) is 1. The van der Waals surface area contributed by atoms with Crippen molar-refractivity contribution in [2.45, 2.75) is 24.3 Å². The van der Waals surface area contributed by atoms with Crippen LogP contribution in [-0.4, -0.2) is 45.2 Å². The van der Waals surface area contributed by atoms with Crippen molar-refractivity contribution in [3.63, 3.8) is 0 Å². The number of hydrogen-bond acceptors (Lipinski definition) is 5. The third-order valence-electron chi connectivity index (χ3n) is 4.40. The molecule has 0 saturated carbocycles. The minimum atomic E-state index is -3.31. The molecule has 0 aliphatic carbocycles. The van der Waals surface area contributed by atoms with Crippen molar-refractivity contribution < 1.29 is 13.2 Å². The first-order valence-electron chi connectivity index (χ1n) is 7.07. The summed E-state index contributed by atoms with van der Waals surface area (Å²) in [5.41, 5.74) is 0.750. The fourth-order valence-corrected chi connectivity index (χ4v) is 3.73. The Labute approximate surface area is 124 Å². The van der Waals surface area contributed by atoms with Crippen molar-refractivity contribution in [1.82, 2.24) is 10.3 Å². The average Bonchev–Trinajstić information content (AvgIpc) is 2.75. The van der Waals surface area contributed by atoms with E-state index in [0.717, 1.165) is 32.2 Å². The van der Waals surface area contributed by atoms with Crippen LogP contribution >= 0.6 is 0 Å². The van der Waals surface area contributed by atoms with Crippen molar-refractivity contribution in [1.29, 1.82) is 0 Å². The first-order valence-corrected chi connectivity index (χ1v) is 8.96. The Morgan fingerprint density at radius 1 is 1.29 bits per heavy atom. The van der Waals surface area contributed by atoms with Gasteiger partial charge in [-0.05, 0) is 43.5 Å². The van der Waals surface area contributed by atoms with E-state index in [1.165, 1.54) is 12.3 Å². The maximum atomic E-state index is 12.3. The summed E-state index contributed by atoms with van der Waals surface area (Å²) in [4.78, 5) is 18.0. The Morgan fingerprint density at radius 2 is 2.00 bits per heavy atom. The number of carbonyl (C=O) groups is 1. The highest BCUT2D eigenvalue weighted by molar-refractivity contribution is 7.90. The molecular weight excluding hydrogens is 290 g/mol. The topological polar surface area (TPSA) is 79.4 Å². The highest BCUT2D eigenvalue weighted by Gasteiger charge is 2.44. The minimum Gasteiger partial charge on any atom is -0.317 e. The number of amides is 1. The Balaban J connectivity index is 1.82. The molecule has 1 spiro atoms. The van der Waals surface area contributed by atoms with Crippen LogP contribution in [-0.2, 0) is 14.6 Å². The molecule has 2 saturated heterocycles. The number of nitrogens with zero attached hydrogens (tertiary/aromatic N) is 2. The summed E-state index contributed by atoms with van der Waals surface area (Å²) in [6.07, 6.45) is 5.19. The van der Waals surface area contributed by atoms with Gasteiger partial charge in [-0.1, -0.05) is 0 Å². The molecule has 2 fully saturated rings. The molecule has 1 amide bonds. The van der Waals surface area contributed by atoms with E-state index >= 15 is 0 Å². The molecule has 0 aromatic carbocycles. The van der Waals surface area contributed by atoms with Gasteiger partial charge in [-0.3, -0.25) is 4.79 Å². The first-order chi connectivity index (χ1) is 9.90. The van der Waals surface area contributed by atoms with Gasteiger partial charge in [0.05, 0.1) is 11.9 Å². The lowest BCUT2D eigenvalue weighted by Crippen LogP contribution is -2.38. The number of sulfone groups is 1. The zero-order chi connectivity index (χ0) is 15.1. The molecule has 0 atom stereocenters. The van der Waals surface area contributed by atoms with E-state index in [1.807, 2.05) is 0 Å². The van der Waals surface area contributed by atoms with Crippen molar-refractivity contribution >= 4 is 21.4 Å². The van der Waals surface area contributed by atoms with E-state index in [2.05, 4.69) is 10.3 Å². The number of nitrogens with one attached hydrogen (secondary N) is 1. The predicted molar refractivity (Wildman–Crippen MR) is 78.9 cm³/mol. The Hall–Kier alpha value is -1.47. The molecule has 1 aromatic heterocycles. The number of anilines is 1. The molecule has 0 radical (unpaired) electrons. The van der Waals surface area contributed by atoms with Gasteiger partial charge < -0.3 is 10.2 Å². The summed E-state index contributed by atoms with van der Waals surface area (Å²) in [7, 11) is -3.31. The highest BCUT2D eigenvalue weighted by Crippen LogP contribution is 2.40. The van der Waals surface area contributed by atoms with E-state index < -0.39 is 9.84 Å². The number of rotatable bonds is 2. The van der Waals surface area contributed by atoms with Crippen LogP contribution in [0.25, 0.3) is 0 Å². The van der Waals surface area contributed by atoms with Gasteiger partial charge in [-0.2, -0.15) is 0 Å². The second-order valence-electron chi connectivity index (χ2n) is 6.03. The molecule has 2 aliphatic rings. The van der Waals surface area contributed by atoms with Crippen LogP contribution in [0.3, 0.4) is 0 Å². The second-order valence-corrected chi connectivity index (χ2v) is 8.00. The zero-order valence-electron chi connectivity index (χ0n) is 12.0. The smallest absolute Gasteiger partial charge is 0.227 e. The number of aromatic nitrogens is 1. The summed E-state index contributed by atoms with van der Waals surface area (Å²) in [6.45, 7) is 2.60. The summed E-state index contributed by atoms with van der Waals surface area (Å²) in [6, 6.07) is 3.13. The van der Waals surface area contributed by atoms with Crippen molar-refractivity contribution in [3.8, 4) is 0 Å². The van der Waals surface area contributed by atoms with Crippen molar-refractivity contribution in [2.24, 2.45) is 5.41 Å². The lowest BCUT2D eigenvalue weighted by Gasteiger charge is -2.33. The van der Waals surface area contributed by atoms with Crippen LogP contribution in [0.15, 0.2) is 23.4 Å². The maximum Gasteiger partial charge on any atom is 0.227 e. The van der Waals surface area contributed by atoms with Gasteiger partial charge in [0.1, 0.15) is 0 Å². The quantitative estimate of drug-likeness (QED) is 0.865. The van der Waals surface area contributed by atoms with Crippen LogP contribution < -0.4 is 10.2 Å². The van der Waals surface area contributed by atoms with Gasteiger partial charge >= 0.3 is 0 Å². The van der Waals surface area contributed by atoms with Gasteiger partial charge in [-0.15, -0.1) is 0 Å². The molecule has 7 heteroatoms. The number of piperidine rings is 1. The Morgan fingerprint density at radius 3 is 2.57 bits per heavy atom. The van der Waals surface area contributed by atoms with Gasteiger partial charge in [-0.25, -0.2) is 13.4 Å². The molecule has 6 nitrogen and oxygen atoms in total. The molecule has 21 heavy (non-hydrogen) atoms. The molecular formula is C14H19N3O3S. The van der Waals surface area contributed by atoms with Gasteiger partial charge in [0.15, 0.2) is 14.9 Å². The van der Waals surface area contributed by atoms with E-state index in [9.17, 15) is 13.2 Å². The van der Waals surface area contributed by atoms with Crippen molar-refractivity contribution in [3.05, 3.63) is 18.3 Å². The molecule has 3 heterocycles. The first kappa shape index (κ1) is 14.5. The van der Waals surface area contributed by atoms with Crippen LogP contribution in [0.2, 0.25) is 0 Å². The van der Waals surface area contributed by atoms with Gasteiger partial charge in [0, 0.05) is 19.2 Å². The standard InChI is InChI=1S/C14H19N3O3S/c1-21(19,20)12-3-2-11(9-16-12)17-10-14(8-13(17)18)4-6-15-7-5-14/h2-3,9,15H,4-8,10H2,1H3. The maximum absolute atomic E-state index is 12.3. The highest BCUT2D eigenvalue weighted by atomic mass is 32.2. The summed E-state index contributed by atoms with van der Waals surface area (Å²) in [5.74, 6) is 0.103. The Bertz CT molecular complexity index is 649. The normalized spacial score (nSPS) is 22.0. The Kier molecular flexibility index (Phi) is 3.49. The molecule has 0 bridgehead atoms. The summed E-state index contributed by atoms with van der Waals surface area (Å²) < 4.78 is 22.8. The predicted octanol–water partition coefficient (Wildman–Crippen LogP) is 0.592. The van der Waals surface area contributed by atoms with Crippen LogP contribution in [0.1, 0.15) is 19.3 Å². The van der Waals surface area contributed by atoms with E-state index in [4.69, 9.17) is 0 Å². The number of pyridine rings is 1. The lowest BCUT2D eigenvalue weighted by molar-refractivity contribution is -0.117. The van der Waals surface area contributed by atoms with E-state index in [-0.39, 0.29) is 16.3 Å². The fourth-order valence-electron chi connectivity index (χ4n) is 3.17. The number of carbonyl (C=O) groups excluding carboxylic acids is 1. The van der Waals surface area contributed by atoms with E-state index in [0.29, 0.717) is 18.7 Å². The lowest BCUT2D eigenvalue weighted by atomic mass is 9.78. The monoisotopic (exact) mass is 309 g/mol. The van der Waals surface area contributed by atoms with Crippen LogP contribution in [0.5, 0.6) is 0 Å². The van der Waals surface area contributed by atoms with Crippen LogP contribution in [0.4, 0.5) is 5.69 Å². The summed E-state index contributed by atoms with van der Waals surface area (Å²) in [5, 5.41) is 3.36. The SMILES string of the molecule is CS(=O)(=O)c1ccc(N2CC3(CCNCC3)CC2=O)cn1. The minimum absolute atomic E-state index is 0.0366. The largest absolute Gasteiger partial charge is 0.317 e. The van der Waals surface area contributed by atoms with Crippen molar-refractivity contribution in [2.75, 3.05) is 30.8 Å². The molecule has 0 unspecified atom stereocenters. The average molecular weight is 309 g/mol. The summed E-state index contributed by atoms with van der Waals surface area (Å²) >= 11 is 0. The molecule has 1 N–H and O–H groups in total. The third kappa shape index (κ3) is 2.80. The fraction of sp³-hybridized carbons (Fsp3) is 0.571. The second kappa shape index (κ2) is 5.06. The van der Waals surface area contributed by atoms with E-state index in [1.54, 1.807) is 11.0 Å². The molecule has 114 valence electrons. The molecule has 3 rings (SSSR count). The molecule has 1 aromatic rings. The van der Waals surface area contributed by atoms with Crippen LogP contribution in [0, 0.1) is 5.41 Å². The zero-order valence-corrected chi connectivity index (χ0v) is 12.8. The van der Waals surface area contributed by atoms with Gasteiger partial charge in [0.25, 0.3) is 0 Å². The van der Waals surface area contributed by atoms with Gasteiger partial charge in [0.2, 0.25) is 5.91 Å².